The van der Waals surface area contributed by atoms with E-state index in [1.807, 2.05) is 24.3 Å². The lowest BCUT2D eigenvalue weighted by molar-refractivity contribution is -0.0373. The van der Waals surface area contributed by atoms with Crippen molar-refractivity contribution in [3.8, 4) is 0 Å². The van der Waals surface area contributed by atoms with Crippen molar-refractivity contribution in [3.63, 3.8) is 0 Å². The van der Waals surface area contributed by atoms with Crippen LogP contribution in [0.15, 0.2) is 29.2 Å². The summed E-state index contributed by atoms with van der Waals surface area (Å²) in [6, 6.07) is 7.50. The lowest BCUT2D eigenvalue weighted by atomic mass is 9.73. The number of ether oxygens (including phenoxy) is 1. The van der Waals surface area contributed by atoms with Crippen LogP contribution < -0.4 is 0 Å². The highest BCUT2D eigenvalue weighted by Crippen LogP contribution is 2.53. The summed E-state index contributed by atoms with van der Waals surface area (Å²) in [6.45, 7) is -0.457. The summed E-state index contributed by atoms with van der Waals surface area (Å²) >= 11 is 1.69. The molecule has 4 rings (SSSR count). The highest BCUT2D eigenvalue weighted by Gasteiger charge is 2.59. The molecular formula is C16H18O6S2. The first kappa shape index (κ1) is 16.5. The molecule has 1 saturated heterocycles. The number of thioether (sulfide) groups is 1. The SMILES string of the molecule is O=C1c2ccccc2SC2CCC3(CC12)CC(O)(S(=O)(=O)O)CO3. The molecule has 3 aliphatic rings. The van der Waals surface area contributed by atoms with Crippen LogP contribution in [-0.4, -0.2) is 46.3 Å². The molecule has 130 valence electrons. The number of Topliss-reactive ketones (excluding diaryl/α,β-unsaturated/α-hetero) is 1. The van der Waals surface area contributed by atoms with Crippen molar-refractivity contribution < 1.29 is 27.6 Å². The number of ketones is 1. The second-order valence-electron chi connectivity index (χ2n) is 6.94. The first-order chi connectivity index (χ1) is 11.2. The monoisotopic (exact) mass is 370 g/mol. The third kappa shape index (κ3) is 2.43. The molecule has 2 aliphatic heterocycles. The van der Waals surface area contributed by atoms with E-state index in [0.29, 0.717) is 24.8 Å². The molecular weight excluding hydrogens is 352 g/mol. The van der Waals surface area contributed by atoms with Crippen molar-refractivity contribution in [3.05, 3.63) is 29.8 Å². The number of aliphatic hydroxyl groups is 1. The normalized spacial score (nSPS) is 38.8. The number of fused-ring (bicyclic) bond motifs is 2. The summed E-state index contributed by atoms with van der Waals surface area (Å²) in [5.74, 6) is -0.207. The first-order valence-corrected chi connectivity index (χ1v) is 10.2. The molecule has 2 N–H and O–H groups in total. The maximum absolute atomic E-state index is 12.9. The van der Waals surface area contributed by atoms with Gasteiger partial charge in [0, 0.05) is 28.0 Å². The lowest BCUT2D eigenvalue weighted by Gasteiger charge is -2.43. The van der Waals surface area contributed by atoms with Crippen LogP contribution in [0.25, 0.3) is 0 Å². The minimum atomic E-state index is -4.63. The van der Waals surface area contributed by atoms with Crippen LogP contribution >= 0.6 is 11.8 Å². The lowest BCUT2D eigenvalue weighted by Crippen LogP contribution is -2.46. The molecule has 2 heterocycles. The molecule has 0 bridgehead atoms. The Hall–Kier alpha value is -0.930. The van der Waals surface area contributed by atoms with Gasteiger partial charge in [0.15, 0.2) is 5.78 Å². The van der Waals surface area contributed by atoms with Crippen molar-refractivity contribution in [2.75, 3.05) is 6.61 Å². The van der Waals surface area contributed by atoms with Crippen LogP contribution in [0.4, 0.5) is 0 Å². The van der Waals surface area contributed by atoms with Gasteiger partial charge in [0.05, 0.1) is 12.2 Å². The predicted octanol–water partition coefficient (Wildman–Crippen LogP) is 1.88. The number of benzene rings is 1. The van der Waals surface area contributed by atoms with Crippen molar-refractivity contribution in [1.29, 1.82) is 0 Å². The average Bonchev–Trinajstić information content (AvgIpc) is 2.87. The number of hydrogen-bond donors (Lipinski definition) is 2. The molecule has 0 radical (unpaired) electrons. The molecule has 1 aliphatic carbocycles. The molecule has 0 aromatic heterocycles. The molecule has 6 nitrogen and oxygen atoms in total. The van der Waals surface area contributed by atoms with Gasteiger partial charge < -0.3 is 9.84 Å². The second kappa shape index (κ2) is 5.28. The third-order valence-corrected chi connectivity index (χ3v) is 8.07. The maximum Gasteiger partial charge on any atom is 0.297 e. The van der Waals surface area contributed by atoms with E-state index >= 15 is 0 Å². The Balaban J connectivity index is 1.62. The molecule has 1 spiro atoms. The van der Waals surface area contributed by atoms with Crippen molar-refractivity contribution in [2.45, 2.75) is 46.4 Å². The van der Waals surface area contributed by atoms with Crippen LogP contribution in [-0.2, 0) is 14.9 Å². The van der Waals surface area contributed by atoms with E-state index in [1.54, 1.807) is 11.8 Å². The Morgan fingerprint density at radius 3 is 2.75 bits per heavy atom. The fourth-order valence-electron chi connectivity index (χ4n) is 4.11. The smallest absolute Gasteiger partial charge is 0.297 e. The van der Waals surface area contributed by atoms with Crippen LogP contribution in [0.3, 0.4) is 0 Å². The van der Waals surface area contributed by atoms with E-state index in [0.717, 1.165) is 4.90 Å². The average molecular weight is 370 g/mol. The van der Waals surface area contributed by atoms with Crippen LogP contribution in [0.1, 0.15) is 36.0 Å². The fourth-order valence-corrected chi connectivity index (χ4v) is 6.16. The van der Waals surface area contributed by atoms with Crippen LogP contribution in [0, 0.1) is 5.92 Å². The molecule has 4 unspecified atom stereocenters. The highest BCUT2D eigenvalue weighted by atomic mass is 32.2. The maximum atomic E-state index is 12.9. The summed E-state index contributed by atoms with van der Waals surface area (Å²) < 4.78 is 37.8. The Morgan fingerprint density at radius 1 is 1.29 bits per heavy atom. The quantitative estimate of drug-likeness (QED) is 0.728. The van der Waals surface area contributed by atoms with Crippen LogP contribution in [0.2, 0.25) is 0 Å². The Morgan fingerprint density at radius 2 is 2.04 bits per heavy atom. The summed E-state index contributed by atoms with van der Waals surface area (Å²) in [5.41, 5.74) is -0.169. The van der Waals surface area contributed by atoms with Gasteiger partial charge in [-0.1, -0.05) is 18.2 Å². The van der Waals surface area contributed by atoms with Crippen molar-refractivity contribution in [2.24, 2.45) is 5.92 Å². The summed E-state index contributed by atoms with van der Waals surface area (Å²) in [6.07, 6.45) is 1.45. The van der Waals surface area contributed by atoms with Gasteiger partial charge in [-0.3, -0.25) is 9.35 Å². The van der Waals surface area contributed by atoms with Gasteiger partial charge in [-0.25, -0.2) is 0 Å². The van der Waals surface area contributed by atoms with Gasteiger partial charge in [-0.05, 0) is 25.3 Å². The molecule has 1 aromatic rings. The van der Waals surface area contributed by atoms with E-state index in [-0.39, 0.29) is 23.4 Å². The summed E-state index contributed by atoms with van der Waals surface area (Å²) in [4.78, 5) is 11.6. The zero-order valence-electron chi connectivity index (χ0n) is 12.8. The third-order valence-electron chi connectivity index (χ3n) is 5.38. The molecule has 4 atom stereocenters. The van der Waals surface area contributed by atoms with E-state index in [4.69, 9.17) is 4.74 Å². The number of carbonyl (C=O) groups is 1. The number of carbonyl (C=O) groups excluding carboxylic acids is 1. The minimum Gasteiger partial charge on any atom is -0.371 e. The first-order valence-electron chi connectivity index (χ1n) is 7.86. The second-order valence-corrected chi connectivity index (χ2v) is 9.93. The fraction of sp³-hybridized carbons (Fsp3) is 0.562. The van der Waals surface area contributed by atoms with Gasteiger partial charge in [-0.2, -0.15) is 8.42 Å². The van der Waals surface area contributed by atoms with Gasteiger partial charge in [0.25, 0.3) is 10.1 Å². The largest absolute Gasteiger partial charge is 0.371 e. The van der Waals surface area contributed by atoms with Gasteiger partial charge in [0.1, 0.15) is 0 Å². The summed E-state index contributed by atoms with van der Waals surface area (Å²) in [7, 11) is -4.63. The van der Waals surface area contributed by atoms with Crippen LogP contribution in [0.5, 0.6) is 0 Å². The molecule has 24 heavy (non-hydrogen) atoms. The zero-order chi connectivity index (χ0) is 17.2. The van der Waals surface area contributed by atoms with Gasteiger partial charge in [0.2, 0.25) is 4.93 Å². The standard InChI is InChI=1S/C16H18O6S2/c17-14-10-3-1-2-4-12(10)23-13-5-6-15(7-11(13)14)8-16(18,9-22-15)24(19,20)21/h1-4,11,13,18H,5-9H2,(H,19,20,21). The zero-order valence-corrected chi connectivity index (χ0v) is 14.5. The van der Waals surface area contributed by atoms with Gasteiger partial charge >= 0.3 is 0 Å². The Bertz CT molecular complexity index is 807. The van der Waals surface area contributed by atoms with E-state index in [2.05, 4.69) is 0 Å². The highest BCUT2D eigenvalue weighted by molar-refractivity contribution is 8.00. The molecule has 2 fully saturated rings. The molecule has 1 saturated carbocycles. The van der Waals surface area contributed by atoms with Crippen molar-refractivity contribution in [1.82, 2.24) is 0 Å². The molecule has 0 amide bonds. The molecule has 1 aromatic carbocycles. The van der Waals surface area contributed by atoms with E-state index in [1.165, 1.54) is 0 Å². The van der Waals surface area contributed by atoms with E-state index in [9.17, 15) is 22.9 Å². The Labute approximate surface area is 144 Å². The molecule has 8 heteroatoms. The summed E-state index contributed by atoms with van der Waals surface area (Å²) in [5, 5.41) is 10.4. The minimum absolute atomic E-state index is 0.0549. The predicted molar refractivity (Wildman–Crippen MR) is 87.6 cm³/mol. The number of rotatable bonds is 1. The van der Waals surface area contributed by atoms with Gasteiger partial charge in [-0.15, -0.1) is 11.8 Å². The Kier molecular flexibility index (Phi) is 3.64. The number of hydrogen-bond acceptors (Lipinski definition) is 6. The van der Waals surface area contributed by atoms with E-state index < -0.39 is 27.3 Å². The van der Waals surface area contributed by atoms with Crippen molar-refractivity contribution >= 4 is 27.7 Å². The topological polar surface area (TPSA) is 101 Å².